The van der Waals surface area contributed by atoms with Crippen LogP contribution in [0.3, 0.4) is 0 Å². The second-order valence-electron chi connectivity index (χ2n) is 5.34. The lowest BCUT2D eigenvalue weighted by molar-refractivity contribution is 0.165. The molecule has 0 bridgehead atoms. The summed E-state index contributed by atoms with van der Waals surface area (Å²) in [5, 5.41) is 9.90. The van der Waals surface area contributed by atoms with Crippen LogP contribution in [0.25, 0.3) is 6.08 Å². The summed E-state index contributed by atoms with van der Waals surface area (Å²) < 4.78 is 0. The molecule has 2 rings (SSSR count). The maximum atomic E-state index is 9.90. The molecular weight excluding hydrogens is 236 g/mol. The van der Waals surface area contributed by atoms with E-state index in [1.165, 1.54) is 32.1 Å². The smallest absolute Gasteiger partial charge is 0.0972 e. The van der Waals surface area contributed by atoms with Gasteiger partial charge in [0.05, 0.1) is 17.5 Å². The van der Waals surface area contributed by atoms with Crippen molar-refractivity contribution in [3.8, 4) is 0 Å². The van der Waals surface area contributed by atoms with Gasteiger partial charge >= 0.3 is 0 Å². The number of nitrogens with zero attached hydrogens (tertiary/aromatic N) is 1. The van der Waals surface area contributed by atoms with Gasteiger partial charge in [0, 0.05) is 0 Å². The van der Waals surface area contributed by atoms with E-state index < -0.39 is 6.10 Å². The lowest BCUT2D eigenvalue weighted by Crippen LogP contribution is -2.08. The minimum atomic E-state index is -0.548. The molecule has 1 aliphatic rings. The first-order valence-corrected chi connectivity index (χ1v) is 7.33. The summed E-state index contributed by atoms with van der Waals surface area (Å²) >= 11 is 0. The van der Waals surface area contributed by atoms with Gasteiger partial charge in [-0.2, -0.15) is 0 Å². The van der Waals surface area contributed by atoms with Crippen LogP contribution in [0.4, 0.5) is 0 Å². The molecule has 0 saturated heterocycles. The summed E-state index contributed by atoms with van der Waals surface area (Å²) in [6.07, 6.45) is 11.0. The zero-order valence-electron chi connectivity index (χ0n) is 11.5. The summed E-state index contributed by atoms with van der Waals surface area (Å²) in [5.41, 5.74) is 7.11. The molecular formula is C16H24N2O. The monoisotopic (exact) mass is 260 g/mol. The van der Waals surface area contributed by atoms with E-state index in [2.05, 4.69) is 17.1 Å². The van der Waals surface area contributed by atoms with Crippen molar-refractivity contribution in [1.82, 2.24) is 4.98 Å². The number of rotatable bonds is 5. The molecule has 1 atom stereocenters. The van der Waals surface area contributed by atoms with Crippen LogP contribution in [0.2, 0.25) is 0 Å². The average molecular weight is 260 g/mol. The Balaban J connectivity index is 1.99. The van der Waals surface area contributed by atoms with Gasteiger partial charge in [0.2, 0.25) is 0 Å². The molecule has 3 nitrogen and oxygen atoms in total. The third-order valence-electron chi connectivity index (χ3n) is 3.76. The highest BCUT2D eigenvalue weighted by Crippen LogP contribution is 2.25. The molecule has 0 spiro atoms. The Morgan fingerprint density at radius 1 is 1.32 bits per heavy atom. The van der Waals surface area contributed by atoms with Crippen LogP contribution >= 0.6 is 0 Å². The lowest BCUT2D eigenvalue weighted by Gasteiger charge is -2.17. The van der Waals surface area contributed by atoms with Crippen molar-refractivity contribution < 1.29 is 5.11 Å². The first-order chi connectivity index (χ1) is 9.29. The Bertz CT molecular complexity index is 411. The molecule has 19 heavy (non-hydrogen) atoms. The fourth-order valence-corrected chi connectivity index (χ4v) is 2.61. The third kappa shape index (κ3) is 4.44. The largest absolute Gasteiger partial charge is 0.387 e. The van der Waals surface area contributed by atoms with Crippen LogP contribution in [0, 0.1) is 5.92 Å². The predicted molar refractivity (Wildman–Crippen MR) is 78.5 cm³/mol. The van der Waals surface area contributed by atoms with Crippen molar-refractivity contribution in [1.29, 1.82) is 0 Å². The first-order valence-electron chi connectivity index (χ1n) is 7.33. The van der Waals surface area contributed by atoms with Gasteiger partial charge in [0.15, 0.2) is 0 Å². The molecule has 1 aromatic rings. The molecule has 1 aromatic heterocycles. The van der Waals surface area contributed by atoms with Crippen LogP contribution in [0.15, 0.2) is 24.3 Å². The SMILES string of the molecule is NCCC(O)c1cccc(C=CC2CCCCC2)n1. The van der Waals surface area contributed by atoms with Crippen LogP contribution in [0.5, 0.6) is 0 Å². The van der Waals surface area contributed by atoms with Crippen LogP contribution in [-0.2, 0) is 0 Å². The molecule has 3 N–H and O–H groups in total. The van der Waals surface area contributed by atoms with Gasteiger partial charge in [-0.1, -0.05) is 31.4 Å². The van der Waals surface area contributed by atoms with Gasteiger partial charge in [-0.15, -0.1) is 0 Å². The second-order valence-corrected chi connectivity index (χ2v) is 5.34. The first kappa shape index (κ1) is 14.2. The standard InChI is InChI=1S/C16H24N2O/c17-12-11-16(19)15-8-4-7-14(18-15)10-9-13-5-2-1-3-6-13/h4,7-10,13,16,19H,1-3,5-6,11-12,17H2. The van der Waals surface area contributed by atoms with Gasteiger partial charge in [-0.3, -0.25) is 4.98 Å². The Labute approximate surface area is 115 Å². The number of aromatic nitrogens is 1. The Morgan fingerprint density at radius 3 is 2.84 bits per heavy atom. The quantitative estimate of drug-likeness (QED) is 0.855. The fourth-order valence-electron chi connectivity index (χ4n) is 2.61. The predicted octanol–water partition coefficient (Wildman–Crippen LogP) is 3.06. The van der Waals surface area contributed by atoms with E-state index in [-0.39, 0.29) is 0 Å². The van der Waals surface area contributed by atoms with Crippen LogP contribution in [0.1, 0.15) is 56.0 Å². The molecule has 0 aliphatic heterocycles. The van der Waals surface area contributed by atoms with E-state index in [0.29, 0.717) is 18.9 Å². The maximum Gasteiger partial charge on any atom is 0.0972 e. The molecule has 0 radical (unpaired) electrons. The van der Waals surface area contributed by atoms with Gasteiger partial charge in [-0.25, -0.2) is 0 Å². The number of hydrogen-bond acceptors (Lipinski definition) is 3. The van der Waals surface area contributed by atoms with E-state index in [4.69, 9.17) is 5.73 Å². The van der Waals surface area contributed by atoms with Gasteiger partial charge in [0.1, 0.15) is 0 Å². The molecule has 104 valence electrons. The number of aliphatic hydroxyl groups is 1. The van der Waals surface area contributed by atoms with Crippen molar-refractivity contribution in [3.63, 3.8) is 0 Å². The summed E-state index contributed by atoms with van der Waals surface area (Å²) in [7, 11) is 0. The van der Waals surface area contributed by atoms with E-state index >= 15 is 0 Å². The van der Waals surface area contributed by atoms with E-state index in [9.17, 15) is 5.11 Å². The highest BCUT2D eigenvalue weighted by molar-refractivity contribution is 5.45. The van der Waals surface area contributed by atoms with Crippen molar-refractivity contribution in [2.24, 2.45) is 11.7 Å². The molecule has 0 aromatic carbocycles. The highest BCUT2D eigenvalue weighted by atomic mass is 16.3. The Morgan fingerprint density at radius 2 is 2.11 bits per heavy atom. The molecule has 0 amide bonds. The van der Waals surface area contributed by atoms with Crippen LogP contribution < -0.4 is 5.73 Å². The highest BCUT2D eigenvalue weighted by Gasteiger charge is 2.10. The Hall–Kier alpha value is -1.19. The number of pyridine rings is 1. The number of aliphatic hydroxyl groups excluding tert-OH is 1. The summed E-state index contributed by atoms with van der Waals surface area (Å²) in [5.74, 6) is 0.702. The van der Waals surface area contributed by atoms with E-state index in [0.717, 1.165) is 11.4 Å². The average Bonchev–Trinajstić information content (AvgIpc) is 2.47. The van der Waals surface area contributed by atoms with Crippen molar-refractivity contribution in [2.75, 3.05) is 6.54 Å². The van der Waals surface area contributed by atoms with Gasteiger partial charge in [-0.05, 0) is 49.9 Å². The minimum Gasteiger partial charge on any atom is -0.387 e. The van der Waals surface area contributed by atoms with Crippen molar-refractivity contribution in [3.05, 3.63) is 35.7 Å². The maximum absolute atomic E-state index is 9.90. The summed E-state index contributed by atoms with van der Waals surface area (Å²) in [6.45, 7) is 0.477. The van der Waals surface area contributed by atoms with E-state index in [1.807, 2.05) is 18.2 Å². The van der Waals surface area contributed by atoms with E-state index in [1.54, 1.807) is 0 Å². The fraction of sp³-hybridized carbons (Fsp3) is 0.562. The van der Waals surface area contributed by atoms with Crippen molar-refractivity contribution in [2.45, 2.75) is 44.6 Å². The molecule has 1 unspecified atom stereocenters. The topological polar surface area (TPSA) is 59.1 Å². The lowest BCUT2D eigenvalue weighted by atomic mass is 9.89. The van der Waals surface area contributed by atoms with Crippen molar-refractivity contribution >= 4 is 6.08 Å². The number of nitrogens with two attached hydrogens (primary N) is 1. The second kappa shape index (κ2) is 7.41. The summed E-state index contributed by atoms with van der Waals surface area (Å²) in [4.78, 5) is 4.48. The zero-order chi connectivity index (χ0) is 13.5. The van der Waals surface area contributed by atoms with Gasteiger partial charge in [0.25, 0.3) is 0 Å². The van der Waals surface area contributed by atoms with Crippen LogP contribution in [-0.4, -0.2) is 16.6 Å². The number of allylic oxidation sites excluding steroid dienone is 1. The molecule has 1 fully saturated rings. The van der Waals surface area contributed by atoms with Gasteiger partial charge < -0.3 is 10.8 Å². The number of hydrogen-bond donors (Lipinski definition) is 2. The normalized spacial score (nSPS) is 18.8. The Kier molecular flexibility index (Phi) is 5.55. The zero-order valence-corrected chi connectivity index (χ0v) is 11.5. The summed E-state index contributed by atoms with van der Waals surface area (Å²) in [6, 6.07) is 5.79. The third-order valence-corrected chi connectivity index (χ3v) is 3.76. The minimum absolute atomic E-state index is 0.477. The molecule has 1 aliphatic carbocycles. The molecule has 3 heteroatoms. The molecule has 1 heterocycles. The molecule has 1 saturated carbocycles.